The number of furan rings is 1. The molecule has 0 aliphatic heterocycles. The first-order valence-corrected chi connectivity index (χ1v) is 24.0. The number of aromatic nitrogens is 2. The van der Waals surface area contributed by atoms with Crippen molar-refractivity contribution >= 4 is 94.4 Å². The fourth-order valence-electron chi connectivity index (χ4n) is 10.8. The highest BCUT2D eigenvalue weighted by Crippen LogP contribution is 2.41. The van der Waals surface area contributed by atoms with Gasteiger partial charge < -0.3 is 13.6 Å². The largest absolute Gasteiger partial charge is 0.456 e. The molecule has 13 aromatic rings. The highest BCUT2D eigenvalue weighted by molar-refractivity contribution is 7.19. The summed E-state index contributed by atoms with van der Waals surface area (Å²) in [6.07, 6.45) is 0. The maximum atomic E-state index is 6.34. The van der Waals surface area contributed by atoms with E-state index in [-0.39, 0.29) is 0 Å². The minimum absolute atomic E-state index is 0.901. The van der Waals surface area contributed by atoms with Crippen molar-refractivity contribution in [3.8, 4) is 22.5 Å². The quantitative estimate of drug-likeness (QED) is 0.116. The van der Waals surface area contributed by atoms with Crippen LogP contribution in [0.3, 0.4) is 0 Å². The fourth-order valence-corrected chi connectivity index (χ4v) is 15.5. The number of para-hydroxylation sites is 3. The van der Waals surface area contributed by atoms with E-state index in [2.05, 4.69) is 246 Å². The number of fused-ring (bicyclic) bond motifs is 9. The molecule has 3 nitrogen and oxygen atoms in total. The molecule has 0 aliphatic carbocycles. The molecule has 0 spiro atoms. The molecular formula is C60H40N2OSi. The summed E-state index contributed by atoms with van der Waals surface area (Å²) in [7, 11) is -2.78. The Kier molecular flexibility index (Phi) is 8.23. The molecule has 0 amide bonds. The predicted octanol–water partition coefficient (Wildman–Crippen LogP) is 12.8. The van der Waals surface area contributed by atoms with E-state index in [4.69, 9.17) is 4.42 Å². The summed E-state index contributed by atoms with van der Waals surface area (Å²) in [4.78, 5) is 0. The molecule has 13 rings (SSSR count). The van der Waals surface area contributed by atoms with Crippen molar-refractivity contribution < 1.29 is 4.42 Å². The van der Waals surface area contributed by atoms with Gasteiger partial charge in [0.25, 0.3) is 0 Å². The number of rotatable bonds is 7. The predicted molar refractivity (Wildman–Crippen MR) is 271 cm³/mol. The maximum Gasteiger partial charge on any atom is 0.179 e. The van der Waals surface area contributed by atoms with Crippen LogP contribution in [0.2, 0.25) is 0 Å². The van der Waals surface area contributed by atoms with Gasteiger partial charge in [-0.05, 0) is 86.5 Å². The van der Waals surface area contributed by atoms with Crippen LogP contribution in [0.25, 0.3) is 88.1 Å². The van der Waals surface area contributed by atoms with Crippen molar-refractivity contribution in [2.75, 3.05) is 0 Å². The molecule has 10 aromatic carbocycles. The Labute approximate surface area is 371 Å². The first kappa shape index (κ1) is 36.5. The molecule has 4 heteroatoms. The fraction of sp³-hybridized carbons (Fsp3) is 0. The Morgan fingerprint density at radius 2 is 0.766 bits per heavy atom. The van der Waals surface area contributed by atoms with Gasteiger partial charge in [0, 0.05) is 43.7 Å². The summed E-state index contributed by atoms with van der Waals surface area (Å²) in [5.74, 6) is 0. The van der Waals surface area contributed by atoms with Crippen LogP contribution in [0.4, 0.5) is 0 Å². The molecular weight excluding hydrogens is 793 g/mol. The van der Waals surface area contributed by atoms with Crippen LogP contribution >= 0.6 is 0 Å². The normalized spacial score (nSPS) is 12.1. The highest BCUT2D eigenvalue weighted by atomic mass is 28.3. The van der Waals surface area contributed by atoms with Crippen LogP contribution in [-0.4, -0.2) is 17.2 Å². The molecule has 300 valence electrons. The second-order valence-electron chi connectivity index (χ2n) is 16.8. The maximum absolute atomic E-state index is 6.34. The second-order valence-corrected chi connectivity index (χ2v) is 20.6. The number of hydrogen-bond donors (Lipinski definition) is 0. The average molecular weight is 833 g/mol. The van der Waals surface area contributed by atoms with Crippen molar-refractivity contribution in [3.63, 3.8) is 0 Å². The van der Waals surface area contributed by atoms with Gasteiger partial charge in [-0.2, -0.15) is 0 Å². The molecule has 0 aliphatic rings. The summed E-state index contributed by atoms with van der Waals surface area (Å²) >= 11 is 0. The van der Waals surface area contributed by atoms with Crippen LogP contribution in [0.15, 0.2) is 247 Å². The van der Waals surface area contributed by atoms with Gasteiger partial charge in [-0.25, -0.2) is 0 Å². The molecule has 3 aromatic heterocycles. The Hall–Kier alpha value is -8.18. The van der Waals surface area contributed by atoms with Gasteiger partial charge in [-0.1, -0.05) is 188 Å². The van der Waals surface area contributed by atoms with Gasteiger partial charge in [-0.15, -0.1) is 0 Å². The van der Waals surface area contributed by atoms with E-state index in [0.29, 0.717) is 0 Å². The van der Waals surface area contributed by atoms with Crippen LogP contribution < -0.4 is 20.7 Å². The Morgan fingerprint density at radius 3 is 1.41 bits per heavy atom. The van der Waals surface area contributed by atoms with Crippen molar-refractivity contribution in [1.29, 1.82) is 0 Å². The van der Waals surface area contributed by atoms with Crippen LogP contribution in [0.5, 0.6) is 0 Å². The lowest BCUT2D eigenvalue weighted by Gasteiger charge is -2.34. The van der Waals surface area contributed by atoms with E-state index in [0.717, 1.165) is 50.0 Å². The first-order valence-electron chi connectivity index (χ1n) is 22.0. The lowest BCUT2D eigenvalue weighted by molar-refractivity contribution is 0.669. The molecule has 0 unspecified atom stereocenters. The molecule has 0 fully saturated rings. The third-order valence-electron chi connectivity index (χ3n) is 13.5. The van der Waals surface area contributed by atoms with Gasteiger partial charge in [0.15, 0.2) is 8.07 Å². The Morgan fingerprint density at radius 1 is 0.297 bits per heavy atom. The van der Waals surface area contributed by atoms with Gasteiger partial charge in [0.2, 0.25) is 0 Å². The monoisotopic (exact) mass is 832 g/mol. The summed E-state index contributed by atoms with van der Waals surface area (Å²) < 4.78 is 11.3. The van der Waals surface area contributed by atoms with Crippen LogP contribution in [0, 0.1) is 0 Å². The summed E-state index contributed by atoms with van der Waals surface area (Å²) in [5, 5.41) is 12.6. The van der Waals surface area contributed by atoms with Crippen molar-refractivity contribution in [2.24, 2.45) is 0 Å². The molecule has 64 heavy (non-hydrogen) atoms. The molecule has 0 bridgehead atoms. The van der Waals surface area contributed by atoms with Crippen molar-refractivity contribution in [2.45, 2.75) is 0 Å². The molecule has 0 radical (unpaired) electrons. The Bertz CT molecular complexity index is 3800. The minimum atomic E-state index is -2.78. The van der Waals surface area contributed by atoms with Gasteiger partial charge in [0.1, 0.15) is 11.2 Å². The third-order valence-corrected chi connectivity index (χ3v) is 18.2. The smallest absolute Gasteiger partial charge is 0.179 e. The SMILES string of the molecule is c1ccc([Si](c2ccccc2)(c2ccccc2)c2cccc(-n3c4ccccc4c4ccc(-n5c6ccccc6c6ccc(-c7cccc8oc9ccccc9c78)cc65)cc43)c2)cc1. The topological polar surface area (TPSA) is 23.0 Å². The highest BCUT2D eigenvalue weighted by Gasteiger charge is 2.41. The van der Waals surface area contributed by atoms with Gasteiger partial charge >= 0.3 is 0 Å². The lowest BCUT2D eigenvalue weighted by Crippen LogP contribution is -2.74. The van der Waals surface area contributed by atoms with E-state index in [1.54, 1.807) is 0 Å². The van der Waals surface area contributed by atoms with E-state index in [1.165, 1.54) is 58.8 Å². The zero-order valence-corrected chi connectivity index (χ0v) is 35.9. The number of nitrogens with zero attached hydrogens (tertiary/aromatic N) is 2. The zero-order valence-electron chi connectivity index (χ0n) is 34.9. The second kappa shape index (κ2) is 14.5. The molecule has 0 N–H and O–H groups in total. The minimum Gasteiger partial charge on any atom is -0.456 e. The standard InChI is InChI=1S/C60H40N2OSi/c1-4-19-44(20-5-1)64(45-21-6-2-7-22-45,46-23-8-3-9-24-46)47-25-16-18-42(39-47)61-54-30-13-11-27-50(54)52-37-35-43(40-57(52)61)62-55-31-14-10-26-49(55)51-36-34-41(38-56(51)62)48-29-17-33-59-60(48)53-28-12-15-32-58(53)63-59/h1-40H. The van der Waals surface area contributed by atoms with Crippen LogP contribution in [0.1, 0.15) is 0 Å². The van der Waals surface area contributed by atoms with E-state index in [9.17, 15) is 0 Å². The summed E-state index contributed by atoms with van der Waals surface area (Å²) in [6.45, 7) is 0. The van der Waals surface area contributed by atoms with Crippen molar-refractivity contribution in [3.05, 3.63) is 243 Å². The van der Waals surface area contributed by atoms with Crippen LogP contribution in [-0.2, 0) is 0 Å². The first-order chi connectivity index (χ1) is 31.8. The molecule has 0 saturated heterocycles. The van der Waals surface area contributed by atoms with Gasteiger partial charge in [0.05, 0.1) is 22.1 Å². The van der Waals surface area contributed by atoms with E-state index in [1.807, 2.05) is 6.07 Å². The average Bonchev–Trinajstić information content (AvgIpc) is 4.03. The molecule has 0 atom stereocenters. The molecule has 3 heterocycles. The number of hydrogen-bond acceptors (Lipinski definition) is 1. The number of benzene rings is 10. The summed E-state index contributed by atoms with van der Waals surface area (Å²) in [5.41, 5.74) is 11.1. The Balaban J connectivity index is 1.06. The zero-order chi connectivity index (χ0) is 42.2. The molecule has 0 saturated carbocycles. The summed E-state index contributed by atoms with van der Waals surface area (Å²) in [6, 6.07) is 89.3. The van der Waals surface area contributed by atoms with Crippen molar-refractivity contribution in [1.82, 2.24) is 9.13 Å². The third kappa shape index (κ3) is 5.39. The van der Waals surface area contributed by atoms with E-state index >= 15 is 0 Å². The van der Waals surface area contributed by atoms with E-state index < -0.39 is 8.07 Å². The van der Waals surface area contributed by atoms with Gasteiger partial charge in [-0.3, -0.25) is 0 Å². The lowest BCUT2D eigenvalue weighted by atomic mass is 9.98.